The van der Waals surface area contributed by atoms with Gasteiger partial charge in [-0.15, -0.1) is 0 Å². The van der Waals surface area contributed by atoms with Crippen molar-refractivity contribution in [2.45, 2.75) is 20.4 Å². The SMILES string of the molecule is CC.O=C(Nc1n[nH]c2ccccc12)c1ccoc1.O=[N+]([O-])c1cn(Cc2ccccc2)c2ccc(Br)cc12. The van der Waals surface area contributed by atoms with E-state index in [1.165, 1.54) is 12.5 Å². The summed E-state index contributed by atoms with van der Waals surface area (Å²) in [6, 6.07) is 24.7. The number of furan rings is 1. The van der Waals surface area contributed by atoms with E-state index in [0.717, 1.165) is 26.5 Å². The molecule has 0 unspecified atom stereocenters. The van der Waals surface area contributed by atoms with Gasteiger partial charge in [-0.1, -0.05) is 72.2 Å². The Labute approximate surface area is 232 Å². The van der Waals surface area contributed by atoms with E-state index in [-0.39, 0.29) is 16.5 Å². The van der Waals surface area contributed by atoms with Crippen LogP contribution in [0.3, 0.4) is 0 Å². The average molecular weight is 588 g/mol. The van der Waals surface area contributed by atoms with Crippen LogP contribution in [0.1, 0.15) is 29.8 Å². The second-order valence-corrected chi connectivity index (χ2v) is 9.05. The maximum atomic E-state index is 11.8. The summed E-state index contributed by atoms with van der Waals surface area (Å²) in [6.07, 6.45) is 4.45. The predicted octanol–water partition coefficient (Wildman–Crippen LogP) is 7.79. The molecule has 0 atom stereocenters. The van der Waals surface area contributed by atoms with Gasteiger partial charge >= 0.3 is 0 Å². The first kappa shape index (κ1) is 27.3. The lowest BCUT2D eigenvalue weighted by Crippen LogP contribution is -2.11. The van der Waals surface area contributed by atoms with Gasteiger partial charge in [0.05, 0.1) is 39.4 Å². The molecule has 2 N–H and O–H groups in total. The highest BCUT2D eigenvalue weighted by molar-refractivity contribution is 9.10. The lowest BCUT2D eigenvalue weighted by molar-refractivity contribution is -0.383. The summed E-state index contributed by atoms with van der Waals surface area (Å²) in [6.45, 7) is 4.62. The number of fused-ring (bicyclic) bond motifs is 2. The Balaban J connectivity index is 0.000000172. The summed E-state index contributed by atoms with van der Waals surface area (Å²) in [5.41, 5.74) is 3.47. The van der Waals surface area contributed by atoms with Crippen LogP contribution in [0.2, 0.25) is 0 Å². The fourth-order valence-corrected chi connectivity index (χ4v) is 4.30. The highest BCUT2D eigenvalue weighted by atomic mass is 79.9. The smallest absolute Gasteiger partial charge is 0.294 e. The number of nitro groups is 1. The van der Waals surface area contributed by atoms with Crippen molar-refractivity contribution >= 4 is 55.1 Å². The van der Waals surface area contributed by atoms with Crippen molar-refractivity contribution in [2.75, 3.05) is 5.32 Å². The van der Waals surface area contributed by atoms with E-state index in [1.807, 2.05) is 85.1 Å². The minimum atomic E-state index is -0.337. The zero-order chi connectivity index (χ0) is 27.8. The molecule has 0 saturated heterocycles. The summed E-state index contributed by atoms with van der Waals surface area (Å²) in [5.74, 6) is 0.280. The van der Waals surface area contributed by atoms with Crippen molar-refractivity contribution in [1.82, 2.24) is 14.8 Å². The molecule has 39 heavy (non-hydrogen) atoms. The standard InChI is InChI=1S/C15H11BrN2O2.C12H9N3O2.C2H6/c16-12-6-7-14-13(8-12)15(18(19)20)10-17(14)9-11-4-2-1-3-5-11;16-12(8-5-6-17-7-8)13-11-9-3-1-2-4-10(9)14-15-11;1-2/h1-8,10H,9H2;1-7H,(H2,13,14,15,16);1-2H3. The first-order valence-electron chi connectivity index (χ1n) is 12.2. The topological polar surface area (TPSA) is 119 Å². The molecule has 1 amide bonds. The third-order valence-electron chi connectivity index (χ3n) is 5.70. The fourth-order valence-electron chi connectivity index (χ4n) is 3.94. The molecule has 6 rings (SSSR count). The van der Waals surface area contributed by atoms with E-state index in [4.69, 9.17) is 4.42 Å². The van der Waals surface area contributed by atoms with Crippen molar-refractivity contribution in [1.29, 1.82) is 0 Å². The van der Waals surface area contributed by atoms with E-state index in [1.54, 1.807) is 18.3 Å². The van der Waals surface area contributed by atoms with Crippen LogP contribution in [-0.2, 0) is 6.54 Å². The highest BCUT2D eigenvalue weighted by Gasteiger charge is 2.18. The number of H-pyrrole nitrogens is 1. The largest absolute Gasteiger partial charge is 0.472 e. The average Bonchev–Trinajstić information content (AvgIpc) is 3.71. The van der Waals surface area contributed by atoms with E-state index in [0.29, 0.717) is 23.3 Å². The van der Waals surface area contributed by atoms with E-state index in [9.17, 15) is 14.9 Å². The Hall–Kier alpha value is -4.70. The Morgan fingerprint density at radius 1 is 1.05 bits per heavy atom. The van der Waals surface area contributed by atoms with Crippen LogP contribution in [0.15, 0.2) is 106 Å². The van der Waals surface area contributed by atoms with Crippen LogP contribution < -0.4 is 5.32 Å². The molecule has 3 aromatic carbocycles. The van der Waals surface area contributed by atoms with Gasteiger partial charge in [-0.2, -0.15) is 5.10 Å². The number of halogens is 1. The lowest BCUT2D eigenvalue weighted by Gasteiger charge is -2.04. The van der Waals surface area contributed by atoms with Crippen molar-refractivity contribution in [3.63, 3.8) is 0 Å². The summed E-state index contributed by atoms with van der Waals surface area (Å²) < 4.78 is 7.60. The third kappa shape index (κ3) is 6.42. The first-order valence-corrected chi connectivity index (χ1v) is 13.0. The van der Waals surface area contributed by atoms with E-state index < -0.39 is 0 Å². The zero-order valence-electron chi connectivity index (χ0n) is 21.3. The lowest BCUT2D eigenvalue weighted by atomic mass is 10.2. The van der Waals surface area contributed by atoms with Crippen LogP contribution in [0, 0.1) is 10.1 Å². The molecule has 0 fully saturated rings. The number of aromatic amines is 1. The molecule has 6 aromatic rings. The van der Waals surface area contributed by atoms with Gasteiger partial charge in [0.1, 0.15) is 6.26 Å². The highest BCUT2D eigenvalue weighted by Crippen LogP contribution is 2.31. The molecule has 0 aliphatic rings. The molecule has 0 aliphatic heterocycles. The van der Waals surface area contributed by atoms with Gasteiger partial charge < -0.3 is 14.3 Å². The third-order valence-corrected chi connectivity index (χ3v) is 6.19. The quantitative estimate of drug-likeness (QED) is 0.157. The number of nitrogens with zero attached hydrogens (tertiary/aromatic N) is 3. The van der Waals surface area contributed by atoms with Gasteiger partial charge in [-0.25, -0.2) is 0 Å². The monoisotopic (exact) mass is 587 g/mol. The maximum Gasteiger partial charge on any atom is 0.294 e. The molecule has 0 saturated carbocycles. The normalized spacial score (nSPS) is 10.3. The molecule has 3 heterocycles. The fraction of sp³-hybridized carbons (Fsp3) is 0.103. The minimum Gasteiger partial charge on any atom is -0.472 e. The number of nitrogens with one attached hydrogen (secondary N) is 2. The number of benzene rings is 3. The molecule has 9 nitrogen and oxygen atoms in total. The van der Waals surface area contributed by atoms with Crippen LogP contribution in [0.4, 0.5) is 11.5 Å². The van der Waals surface area contributed by atoms with Crippen LogP contribution in [0.25, 0.3) is 21.8 Å². The molecule has 0 bridgehead atoms. The summed E-state index contributed by atoms with van der Waals surface area (Å²) in [7, 11) is 0. The number of anilines is 1. The molecule has 0 radical (unpaired) electrons. The first-order chi connectivity index (χ1) is 19.0. The number of hydrogen-bond donors (Lipinski definition) is 2. The van der Waals surface area contributed by atoms with Gasteiger partial charge in [0.2, 0.25) is 0 Å². The molecule has 198 valence electrons. The molecular weight excluding hydrogens is 562 g/mol. The van der Waals surface area contributed by atoms with E-state index in [2.05, 4.69) is 31.4 Å². The minimum absolute atomic E-state index is 0.136. The zero-order valence-corrected chi connectivity index (χ0v) is 22.9. The number of amides is 1. The van der Waals surface area contributed by atoms with Crippen LogP contribution in [-0.4, -0.2) is 25.6 Å². The molecular formula is C29H26BrN5O4. The number of para-hydroxylation sites is 1. The molecule has 0 aliphatic carbocycles. The Morgan fingerprint density at radius 2 is 1.79 bits per heavy atom. The summed E-state index contributed by atoms with van der Waals surface area (Å²) >= 11 is 3.36. The van der Waals surface area contributed by atoms with E-state index >= 15 is 0 Å². The Kier molecular flexibility index (Phi) is 8.90. The maximum absolute atomic E-state index is 11.8. The van der Waals surface area contributed by atoms with Crippen LogP contribution >= 0.6 is 15.9 Å². The second kappa shape index (κ2) is 12.7. The number of carbonyl (C=O) groups excluding carboxylic acids is 1. The number of aromatic nitrogens is 3. The van der Waals surface area contributed by atoms with Crippen molar-refractivity contribution < 1.29 is 14.1 Å². The second-order valence-electron chi connectivity index (χ2n) is 8.13. The van der Waals surface area contributed by atoms with Gasteiger partial charge in [-0.3, -0.25) is 20.0 Å². The summed E-state index contributed by atoms with van der Waals surface area (Å²) in [4.78, 5) is 22.6. The van der Waals surface area contributed by atoms with Crippen LogP contribution in [0.5, 0.6) is 0 Å². The molecule has 0 spiro atoms. The predicted molar refractivity (Wildman–Crippen MR) is 156 cm³/mol. The molecule has 3 aromatic heterocycles. The van der Waals surface area contributed by atoms with Crippen molar-refractivity contribution in [3.8, 4) is 0 Å². The van der Waals surface area contributed by atoms with Crippen molar-refractivity contribution in [3.05, 3.63) is 123 Å². The molecule has 10 heteroatoms. The van der Waals surface area contributed by atoms with Crippen molar-refractivity contribution in [2.24, 2.45) is 0 Å². The van der Waals surface area contributed by atoms with Gasteiger partial charge in [0.15, 0.2) is 5.82 Å². The number of rotatable bonds is 5. The Bertz CT molecular complexity index is 1690. The Morgan fingerprint density at radius 3 is 2.51 bits per heavy atom. The van der Waals surface area contributed by atoms with Gasteiger partial charge in [0, 0.05) is 16.4 Å². The van der Waals surface area contributed by atoms with Gasteiger partial charge in [-0.05, 0) is 42.0 Å². The van der Waals surface area contributed by atoms with Gasteiger partial charge in [0.25, 0.3) is 11.6 Å². The number of carbonyl (C=O) groups is 1. The summed E-state index contributed by atoms with van der Waals surface area (Å²) in [5, 5.41) is 22.3. The number of hydrogen-bond acceptors (Lipinski definition) is 5.